The molecule has 152 valence electrons. The van der Waals surface area contributed by atoms with Crippen LogP contribution in [0.25, 0.3) is 10.2 Å². The summed E-state index contributed by atoms with van der Waals surface area (Å²) >= 11 is 3.04. The van der Waals surface area contributed by atoms with Crippen LogP contribution in [0.4, 0.5) is 0 Å². The zero-order valence-electron chi connectivity index (χ0n) is 16.4. The van der Waals surface area contributed by atoms with Crippen molar-refractivity contribution in [1.82, 2.24) is 19.9 Å². The number of hydrogen-bond acceptors (Lipinski definition) is 6. The van der Waals surface area contributed by atoms with Crippen LogP contribution in [0, 0.1) is 0 Å². The predicted molar refractivity (Wildman–Crippen MR) is 118 cm³/mol. The first-order chi connectivity index (χ1) is 14.1. The van der Waals surface area contributed by atoms with Crippen molar-refractivity contribution in [1.29, 1.82) is 0 Å². The summed E-state index contributed by atoms with van der Waals surface area (Å²) in [7, 11) is 0. The van der Waals surface area contributed by atoms with Gasteiger partial charge in [0.25, 0.3) is 5.56 Å². The molecule has 0 bridgehead atoms. The maximum atomic E-state index is 12.8. The molecule has 29 heavy (non-hydrogen) atoms. The summed E-state index contributed by atoms with van der Waals surface area (Å²) in [6, 6.07) is 9.71. The van der Waals surface area contributed by atoms with Gasteiger partial charge in [-0.3, -0.25) is 9.59 Å². The third kappa shape index (κ3) is 4.87. The number of carbonyl (C=O) groups excluding carboxylic acids is 1. The molecular weight excluding hydrogens is 404 g/mol. The van der Waals surface area contributed by atoms with Crippen LogP contribution in [-0.4, -0.2) is 44.6 Å². The fourth-order valence-corrected chi connectivity index (χ4v) is 5.52. The highest BCUT2D eigenvalue weighted by Crippen LogP contribution is 2.33. The Labute approximate surface area is 177 Å². The molecular formula is C21H24N4O2S2. The Kier molecular flexibility index (Phi) is 6.30. The fourth-order valence-electron chi connectivity index (χ4n) is 3.63. The first kappa shape index (κ1) is 20.1. The van der Waals surface area contributed by atoms with Gasteiger partial charge in [-0.25, -0.2) is 9.97 Å². The molecule has 1 atom stereocenters. The van der Waals surface area contributed by atoms with Gasteiger partial charge in [0.1, 0.15) is 0 Å². The first-order valence-corrected chi connectivity index (χ1v) is 11.8. The number of thioether (sulfide) groups is 1. The minimum absolute atomic E-state index is 0.0874. The van der Waals surface area contributed by atoms with Gasteiger partial charge in [-0.2, -0.15) is 0 Å². The van der Waals surface area contributed by atoms with Crippen molar-refractivity contribution in [3.63, 3.8) is 0 Å². The largest absolute Gasteiger partial charge is 0.341 e. The van der Waals surface area contributed by atoms with E-state index < -0.39 is 0 Å². The minimum Gasteiger partial charge on any atom is -0.341 e. The van der Waals surface area contributed by atoms with E-state index in [0.29, 0.717) is 17.6 Å². The van der Waals surface area contributed by atoms with Crippen LogP contribution in [0.3, 0.4) is 0 Å². The average molecular weight is 429 g/mol. The van der Waals surface area contributed by atoms with E-state index in [1.54, 1.807) is 11.3 Å². The second kappa shape index (κ2) is 9.09. The molecule has 1 amide bonds. The van der Waals surface area contributed by atoms with Gasteiger partial charge in [-0.1, -0.05) is 37.2 Å². The number of hydrogen-bond donors (Lipinski definition) is 1. The van der Waals surface area contributed by atoms with E-state index in [9.17, 15) is 9.59 Å². The molecule has 0 unspecified atom stereocenters. The van der Waals surface area contributed by atoms with E-state index in [0.717, 1.165) is 48.4 Å². The Hall–Kier alpha value is -2.19. The molecule has 1 aromatic carbocycles. The second-order valence-corrected chi connectivity index (χ2v) is 9.31. The number of nitrogens with one attached hydrogen (secondary N) is 1. The molecule has 0 aliphatic carbocycles. The molecule has 0 spiro atoms. The van der Waals surface area contributed by atoms with Crippen molar-refractivity contribution in [3.05, 3.63) is 51.4 Å². The minimum atomic E-state index is -0.160. The van der Waals surface area contributed by atoms with E-state index in [2.05, 4.69) is 23.0 Å². The summed E-state index contributed by atoms with van der Waals surface area (Å²) in [5.41, 5.74) is 1.65. The number of thiazole rings is 1. The van der Waals surface area contributed by atoms with Crippen LogP contribution >= 0.6 is 23.1 Å². The lowest BCUT2D eigenvalue weighted by Gasteiger charge is -2.31. The van der Waals surface area contributed by atoms with Gasteiger partial charge < -0.3 is 9.88 Å². The molecule has 4 rings (SSSR count). The van der Waals surface area contributed by atoms with Gasteiger partial charge in [0, 0.05) is 30.8 Å². The Morgan fingerprint density at radius 1 is 1.34 bits per heavy atom. The maximum Gasteiger partial charge on any atom is 0.251 e. The number of para-hydroxylation sites is 1. The number of likely N-dealkylation sites (tertiary alicyclic amines) is 1. The van der Waals surface area contributed by atoms with Crippen LogP contribution in [-0.2, 0) is 11.2 Å². The van der Waals surface area contributed by atoms with Gasteiger partial charge in [0.15, 0.2) is 5.16 Å². The number of H-pyrrole nitrogens is 1. The lowest BCUT2D eigenvalue weighted by atomic mass is 9.99. The number of aromatic nitrogens is 3. The van der Waals surface area contributed by atoms with Crippen molar-refractivity contribution in [2.45, 2.75) is 43.7 Å². The Morgan fingerprint density at radius 2 is 2.21 bits per heavy atom. The Bertz CT molecular complexity index is 1030. The Balaban J connectivity index is 1.39. The molecule has 3 aromatic rings. The summed E-state index contributed by atoms with van der Waals surface area (Å²) in [5, 5.41) is 1.64. The maximum absolute atomic E-state index is 12.8. The molecule has 3 heterocycles. The third-order valence-corrected chi connectivity index (χ3v) is 7.10. The molecule has 2 aromatic heterocycles. The predicted octanol–water partition coefficient (Wildman–Crippen LogP) is 3.83. The number of fused-ring (bicyclic) bond motifs is 1. The SMILES string of the molecule is CCCc1cc(=O)[nH]c(SCC(=O)N2CCC[C@H](c3nc4ccccc4s3)C2)n1. The topological polar surface area (TPSA) is 79.0 Å². The van der Waals surface area contributed by atoms with Gasteiger partial charge in [0.2, 0.25) is 5.91 Å². The lowest BCUT2D eigenvalue weighted by molar-refractivity contribution is -0.129. The fraction of sp³-hybridized carbons (Fsp3) is 0.429. The standard InChI is InChI=1S/C21H24N4O2S2/c1-2-6-15-11-18(26)24-21(22-15)28-13-19(27)25-10-5-7-14(12-25)20-23-16-8-3-4-9-17(16)29-20/h3-4,8-9,11,14H,2,5-7,10,12-13H2,1H3,(H,22,24,26)/t14-/m0/s1. The number of nitrogens with zero attached hydrogens (tertiary/aromatic N) is 3. The van der Waals surface area contributed by atoms with E-state index in [1.165, 1.54) is 22.5 Å². The number of benzene rings is 1. The molecule has 1 fully saturated rings. The highest BCUT2D eigenvalue weighted by atomic mass is 32.2. The normalized spacial score (nSPS) is 17.0. The van der Waals surface area contributed by atoms with E-state index in [1.807, 2.05) is 23.1 Å². The van der Waals surface area contributed by atoms with Crippen LogP contribution in [0.1, 0.15) is 42.8 Å². The van der Waals surface area contributed by atoms with Crippen molar-refractivity contribution < 1.29 is 4.79 Å². The molecule has 0 radical (unpaired) electrons. The molecule has 0 saturated carbocycles. The van der Waals surface area contributed by atoms with Crippen LogP contribution < -0.4 is 5.56 Å². The summed E-state index contributed by atoms with van der Waals surface area (Å²) in [4.78, 5) is 38.5. The number of aromatic amines is 1. The van der Waals surface area contributed by atoms with Crippen LogP contribution in [0.2, 0.25) is 0 Å². The number of amides is 1. The smallest absolute Gasteiger partial charge is 0.251 e. The zero-order valence-corrected chi connectivity index (χ0v) is 18.0. The van der Waals surface area contributed by atoms with Crippen molar-refractivity contribution in [3.8, 4) is 0 Å². The van der Waals surface area contributed by atoms with Crippen molar-refractivity contribution in [2.24, 2.45) is 0 Å². The lowest BCUT2D eigenvalue weighted by Crippen LogP contribution is -2.40. The summed E-state index contributed by atoms with van der Waals surface area (Å²) < 4.78 is 1.20. The average Bonchev–Trinajstić information content (AvgIpc) is 3.16. The van der Waals surface area contributed by atoms with Gasteiger partial charge >= 0.3 is 0 Å². The molecule has 6 nitrogen and oxygen atoms in total. The molecule has 1 aliphatic heterocycles. The zero-order chi connectivity index (χ0) is 20.2. The molecule has 8 heteroatoms. The van der Waals surface area contributed by atoms with Gasteiger partial charge in [-0.05, 0) is 31.4 Å². The van der Waals surface area contributed by atoms with Gasteiger partial charge in [0.05, 0.1) is 21.0 Å². The highest BCUT2D eigenvalue weighted by Gasteiger charge is 2.27. The summed E-state index contributed by atoms with van der Waals surface area (Å²) in [5.74, 6) is 0.663. The van der Waals surface area contributed by atoms with Gasteiger partial charge in [-0.15, -0.1) is 11.3 Å². The number of aryl methyl sites for hydroxylation is 1. The van der Waals surface area contributed by atoms with Crippen LogP contribution in [0.15, 0.2) is 40.3 Å². The monoisotopic (exact) mass is 428 g/mol. The molecule has 1 aliphatic rings. The molecule has 1 saturated heterocycles. The van der Waals surface area contributed by atoms with E-state index in [4.69, 9.17) is 4.98 Å². The van der Waals surface area contributed by atoms with E-state index >= 15 is 0 Å². The summed E-state index contributed by atoms with van der Waals surface area (Å²) in [6.45, 7) is 3.54. The highest BCUT2D eigenvalue weighted by molar-refractivity contribution is 7.99. The van der Waals surface area contributed by atoms with E-state index in [-0.39, 0.29) is 17.2 Å². The second-order valence-electron chi connectivity index (χ2n) is 7.28. The van der Waals surface area contributed by atoms with Crippen molar-refractivity contribution in [2.75, 3.05) is 18.8 Å². The number of carbonyl (C=O) groups is 1. The third-order valence-electron chi connectivity index (χ3n) is 5.05. The number of piperidine rings is 1. The Morgan fingerprint density at radius 3 is 3.03 bits per heavy atom. The quantitative estimate of drug-likeness (QED) is 0.477. The first-order valence-electron chi connectivity index (χ1n) is 9.98. The molecule has 1 N–H and O–H groups in total. The van der Waals surface area contributed by atoms with Crippen molar-refractivity contribution >= 4 is 39.2 Å². The summed E-state index contributed by atoms with van der Waals surface area (Å²) in [6.07, 6.45) is 3.74. The van der Waals surface area contributed by atoms with Crippen LogP contribution in [0.5, 0.6) is 0 Å². The number of rotatable bonds is 6.